The Labute approximate surface area is 181 Å². The Balaban J connectivity index is 1.55. The van der Waals surface area contributed by atoms with Crippen molar-refractivity contribution in [3.05, 3.63) is 78.1 Å². The number of rotatable bonds is 8. The first-order valence-corrected chi connectivity index (χ1v) is 10.7. The van der Waals surface area contributed by atoms with E-state index in [1.54, 1.807) is 10.9 Å². The lowest BCUT2D eigenvalue weighted by Crippen LogP contribution is -2.33. The number of aromatic nitrogens is 3. The van der Waals surface area contributed by atoms with Crippen molar-refractivity contribution in [2.75, 3.05) is 11.9 Å². The van der Waals surface area contributed by atoms with Crippen LogP contribution in [0.15, 0.2) is 71.8 Å². The van der Waals surface area contributed by atoms with E-state index in [9.17, 15) is 26.4 Å². The standard InChI is InChI=1S/C20H18F3N5O3S/c21-20(22,23)14-24-32(30,31)18-9-6-16(7-10-18)25-19(29)11-8-17-13-28(27-26-17)12-15-4-2-1-3-5-15/h1-11,13,24H,12,14H2,(H,25,29)/b11-8+. The zero-order chi connectivity index (χ0) is 23.2. The lowest BCUT2D eigenvalue weighted by atomic mass is 10.2. The predicted octanol–water partition coefficient (Wildman–Crippen LogP) is 2.82. The third-order valence-electron chi connectivity index (χ3n) is 4.04. The van der Waals surface area contributed by atoms with Crippen LogP contribution >= 0.6 is 0 Å². The lowest BCUT2D eigenvalue weighted by molar-refractivity contribution is -0.121. The minimum Gasteiger partial charge on any atom is -0.323 e. The number of hydrogen-bond acceptors (Lipinski definition) is 5. The molecule has 2 N–H and O–H groups in total. The molecule has 0 unspecified atom stereocenters. The van der Waals surface area contributed by atoms with Crippen LogP contribution in [0.1, 0.15) is 11.3 Å². The number of nitrogens with zero attached hydrogens (tertiary/aromatic N) is 3. The Morgan fingerprint density at radius 3 is 2.41 bits per heavy atom. The van der Waals surface area contributed by atoms with E-state index in [1.807, 2.05) is 30.3 Å². The number of nitrogens with one attached hydrogen (secondary N) is 2. The molecule has 3 rings (SSSR count). The Morgan fingerprint density at radius 2 is 1.75 bits per heavy atom. The summed E-state index contributed by atoms with van der Waals surface area (Å²) < 4.78 is 63.5. The van der Waals surface area contributed by atoms with E-state index in [0.29, 0.717) is 12.2 Å². The van der Waals surface area contributed by atoms with Crippen LogP contribution in [-0.2, 0) is 21.4 Å². The first-order chi connectivity index (χ1) is 15.1. The highest BCUT2D eigenvalue weighted by atomic mass is 32.2. The van der Waals surface area contributed by atoms with E-state index in [0.717, 1.165) is 17.7 Å². The van der Waals surface area contributed by atoms with Gasteiger partial charge < -0.3 is 5.32 Å². The van der Waals surface area contributed by atoms with Crippen LogP contribution in [-0.4, -0.2) is 42.0 Å². The van der Waals surface area contributed by atoms with Crippen LogP contribution in [0.5, 0.6) is 0 Å². The molecule has 0 fully saturated rings. The second-order valence-electron chi connectivity index (χ2n) is 6.61. The molecule has 0 atom stereocenters. The van der Waals surface area contributed by atoms with E-state index >= 15 is 0 Å². The second-order valence-corrected chi connectivity index (χ2v) is 8.38. The molecule has 0 saturated heterocycles. The monoisotopic (exact) mass is 465 g/mol. The number of amides is 1. The largest absolute Gasteiger partial charge is 0.402 e. The normalized spacial score (nSPS) is 12.2. The molecular weight excluding hydrogens is 447 g/mol. The maximum Gasteiger partial charge on any atom is 0.402 e. The van der Waals surface area contributed by atoms with Gasteiger partial charge in [0.2, 0.25) is 15.9 Å². The summed E-state index contributed by atoms with van der Waals surface area (Å²) >= 11 is 0. The molecule has 0 spiro atoms. The van der Waals surface area contributed by atoms with Crippen molar-refractivity contribution in [3.8, 4) is 0 Å². The number of halogens is 3. The highest BCUT2D eigenvalue weighted by molar-refractivity contribution is 7.89. The van der Waals surface area contributed by atoms with Gasteiger partial charge in [0.25, 0.3) is 0 Å². The van der Waals surface area contributed by atoms with Crippen LogP contribution < -0.4 is 10.0 Å². The molecule has 12 heteroatoms. The van der Waals surface area contributed by atoms with Crippen molar-refractivity contribution in [1.29, 1.82) is 0 Å². The van der Waals surface area contributed by atoms with Gasteiger partial charge in [-0.1, -0.05) is 35.5 Å². The first-order valence-electron chi connectivity index (χ1n) is 9.20. The molecule has 8 nitrogen and oxygen atoms in total. The molecule has 0 radical (unpaired) electrons. The van der Waals surface area contributed by atoms with E-state index in [4.69, 9.17) is 0 Å². The van der Waals surface area contributed by atoms with Crippen molar-refractivity contribution >= 4 is 27.7 Å². The van der Waals surface area contributed by atoms with Crippen molar-refractivity contribution in [3.63, 3.8) is 0 Å². The number of carbonyl (C=O) groups is 1. The molecule has 0 bridgehead atoms. The van der Waals surface area contributed by atoms with Gasteiger partial charge in [-0.15, -0.1) is 5.10 Å². The van der Waals surface area contributed by atoms with Gasteiger partial charge in [-0.2, -0.15) is 13.2 Å². The van der Waals surface area contributed by atoms with Gasteiger partial charge in [0.1, 0.15) is 12.2 Å². The summed E-state index contributed by atoms with van der Waals surface area (Å²) in [6, 6.07) is 14.4. The third-order valence-corrected chi connectivity index (χ3v) is 5.46. The molecular formula is C20H18F3N5O3S. The summed E-state index contributed by atoms with van der Waals surface area (Å²) in [5, 5.41) is 10.5. The third kappa shape index (κ3) is 7.03. The molecule has 0 aliphatic carbocycles. The molecule has 1 aromatic heterocycles. The number of hydrogen-bond donors (Lipinski definition) is 2. The minimum atomic E-state index is -4.67. The van der Waals surface area contributed by atoms with E-state index in [2.05, 4.69) is 15.6 Å². The van der Waals surface area contributed by atoms with Crippen LogP contribution in [0.2, 0.25) is 0 Å². The van der Waals surface area contributed by atoms with Crippen molar-refractivity contribution in [1.82, 2.24) is 19.7 Å². The SMILES string of the molecule is O=C(/C=C/c1cn(Cc2ccccc2)nn1)Nc1ccc(S(=O)(=O)NCC(F)(F)F)cc1. The van der Waals surface area contributed by atoms with Gasteiger partial charge >= 0.3 is 6.18 Å². The smallest absolute Gasteiger partial charge is 0.323 e. The maximum atomic E-state index is 12.2. The predicted molar refractivity (Wildman–Crippen MR) is 111 cm³/mol. The highest BCUT2D eigenvalue weighted by Crippen LogP contribution is 2.17. The van der Waals surface area contributed by atoms with Crippen LogP contribution in [0.4, 0.5) is 18.9 Å². The molecule has 2 aromatic carbocycles. The second kappa shape index (κ2) is 9.75. The average Bonchev–Trinajstić information content (AvgIpc) is 3.19. The average molecular weight is 465 g/mol. The van der Waals surface area contributed by atoms with E-state index in [1.165, 1.54) is 29.0 Å². The molecule has 0 aliphatic heterocycles. The van der Waals surface area contributed by atoms with Crippen molar-refractivity contribution in [2.24, 2.45) is 0 Å². The van der Waals surface area contributed by atoms with Gasteiger partial charge in [0, 0.05) is 11.8 Å². The van der Waals surface area contributed by atoms with Crippen molar-refractivity contribution < 1.29 is 26.4 Å². The summed E-state index contributed by atoms with van der Waals surface area (Å²) in [6.07, 6.45) is -0.305. The Hall–Kier alpha value is -3.51. The summed E-state index contributed by atoms with van der Waals surface area (Å²) in [7, 11) is -4.32. The van der Waals surface area contributed by atoms with E-state index in [-0.39, 0.29) is 10.6 Å². The highest BCUT2D eigenvalue weighted by Gasteiger charge is 2.30. The first kappa shape index (κ1) is 23.2. The fourth-order valence-electron chi connectivity index (χ4n) is 2.56. The van der Waals surface area contributed by atoms with Gasteiger partial charge in [-0.05, 0) is 35.9 Å². The molecule has 32 heavy (non-hydrogen) atoms. The van der Waals surface area contributed by atoms with Crippen LogP contribution in [0, 0.1) is 0 Å². The van der Waals surface area contributed by atoms with Crippen LogP contribution in [0.25, 0.3) is 6.08 Å². The quantitative estimate of drug-likeness (QED) is 0.498. The van der Waals surface area contributed by atoms with Gasteiger partial charge in [0.15, 0.2) is 0 Å². The van der Waals surface area contributed by atoms with Gasteiger partial charge in [0.05, 0.1) is 17.6 Å². The molecule has 0 saturated carbocycles. The number of benzene rings is 2. The molecule has 168 valence electrons. The number of sulfonamides is 1. The zero-order valence-electron chi connectivity index (χ0n) is 16.5. The summed E-state index contributed by atoms with van der Waals surface area (Å²) in [5.41, 5.74) is 1.78. The van der Waals surface area contributed by atoms with Gasteiger partial charge in [-0.25, -0.2) is 17.8 Å². The number of alkyl halides is 3. The van der Waals surface area contributed by atoms with E-state index < -0.39 is 28.7 Å². The lowest BCUT2D eigenvalue weighted by Gasteiger charge is -2.10. The summed E-state index contributed by atoms with van der Waals surface area (Å²) in [6.45, 7) is -1.14. The summed E-state index contributed by atoms with van der Waals surface area (Å²) in [4.78, 5) is 11.7. The molecule has 0 aliphatic rings. The maximum absolute atomic E-state index is 12.2. The Kier molecular flexibility index (Phi) is 7.05. The van der Waals surface area contributed by atoms with Crippen LogP contribution in [0.3, 0.4) is 0 Å². The fourth-order valence-corrected chi connectivity index (χ4v) is 3.57. The fraction of sp³-hybridized carbons (Fsp3) is 0.150. The topological polar surface area (TPSA) is 106 Å². The Bertz CT molecular complexity index is 1190. The molecule has 1 amide bonds. The minimum absolute atomic E-state index is 0.266. The summed E-state index contributed by atoms with van der Waals surface area (Å²) in [5.74, 6) is -0.506. The van der Waals surface area contributed by atoms with Crippen molar-refractivity contribution in [2.45, 2.75) is 17.6 Å². The molecule has 1 heterocycles. The Morgan fingerprint density at radius 1 is 1.06 bits per heavy atom. The number of carbonyl (C=O) groups excluding carboxylic acids is 1. The van der Waals surface area contributed by atoms with Gasteiger partial charge in [-0.3, -0.25) is 4.79 Å². The molecule has 3 aromatic rings. The number of anilines is 1. The zero-order valence-corrected chi connectivity index (χ0v) is 17.3.